The van der Waals surface area contributed by atoms with Crippen molar-refractivity contribution in [1.29, 1.82) is 0 Å². The van der Waals surface area contributed by atoms with Crippen LogP contribution in [0.4, 0.5) is 0 Å². The predicted molar refractivity (Wildman–Crippen MR) is 64.3 cm³/mol. The maximum atomic E-state index is 5.30. The summed E-state index contributed by atoms with van der Waals surface area (Å²) in [7, 11) is 0. The van der Waals surface area contributed by atoms with Crippen molar-refractivity contribution in [3.63, 3.8) is 0 Å². The molecule has 14 heavy (non-hydrogen) atoms. The van der Waals surface area contributed by atoms with Gasteiger partial charge in [0.2, 0.25) is 0 Å². The van der Waals surface area contributed by atoms with E-state index in [1.807, 2.05) is 24.9 Å². The van der Waals surface area contributed by atoms with Gasteiger partial charge < -0.3 is 4.42 Å². The van der Waals surface area contributed by atoms with Crippen LogP contribution in [0.1, 0.15) is 31.4 Å². The Hall–Kier alpha value is -0.0200. The fourth-order valence-electron chi connectivity index (χ4n) is 1.87. The third kappa shape index (κ3) is 2.51. The maximum Gasteiger partial charge on any atom is 0.104 e. The van der Waals surface area contributed by atoms with Crippen LogP contribution in [0.5, 0.6) is 0 Å². The molecule has 0 unspecified atom stereocenters. The van der Waals surface area contributed by atoms with E-state index in [0.29, 0.717) is 10.5 Å². The number of thiol groups is 1. The number of thioether (sulfide) groups is 1. The normalized spacial score (nSPS) is 27.9. The topological polar surface area (TPSA) is 13.1 Å². The fraction of sp³-hybridized carbons (Fsp3) is 0.636. The van der Waals surface area contributed by atoms with E-state index in [1.54, 1.807) is 0 Å². The minimum absolute atomic E-state index is 0.559. The Morgan fingerprint density at radius 2 is 2.21 bits per heavy atom. The van der Waals surface area contributed by atoms with Gasteiger partial charge in [-0.05, 0) is 25.8 Å². The van der Waals surface area contributed by atoms with Crippen molar-refractivity contribution in [3.05, 3.63) is 18.1 Å². The lowest BCUT2D eigenvalue weighted by atomic mass is 10.00. The van der Waals surface area contributed by atoms with Gasteiger partial charge in [-0.1, -0.05) is 12.8 Å². The number of hydrogen-bond donors (Lipinski definition) is 1. The highest BCUT2D eigenvalue weighted by molar-refractivity contribution is 8.00. The molecule has 1 aromatic rings. The molecule has 0 radical (unpaired) electrons. The van der Waals surface area contributed by atoms with E-state index in [1.165, 1.54) is 30.6 Å². The Bertz CT molecular complexity index is 295. The van der Waals surface area contributed by atoms with Gasteiger partial charge in [-0.25, -0.2) is 0 Å². The molecule has 1 aliphatic carbocycles. The van der Waals surface area contributed by atoms with Crippen molar-refractivity contribution >= 4 is 24.4 Å². The van der Waals surface area contributed by atoms with Crippen molar-refractivity contribution in [3.8, 4) is 0 Å². The third-order valence-corrected chi connectivity index (χ3v) is 4.83. The van der Waals surface area contributed by atoms with Crippen LogP contribution in [0, 0.1) is 6.92 Å². The molecular weight excluding hydrogens is 212 g/mol. The number of rotatable bonds is 2. The summed E-state index contributed by atoms with van der Waals surface area (Å²) in [4.78, 5) is 1.26. The van der Waals surface area contributed by atoms with Gasteiger partial charge in [0.25, 0.3) is 0 Å². The lowest BCUT2D eigenvalue weighted by molar-refractivity contribution is 0.525. The summed E-state index contributed by atoms with van der Waals surface area (Å²) in [5, 5.41) is 1.23. The summed E-state index contributed by atoms with van der Waals surface area (Å²) in [6, 6.07) is 2.11. The standard InChI is InChI=1S/C11H16OS2/c1-8-6-9(7-12-8)14-11-5-3-2-4-10(11)13/h6-7,10-11,13H,2-5H2,1H3/t10-,11-/m1/s1. The van der Waals surface area contributed by atoms with Gasteiger partial charge in [0, 0.05) is 15.4 Å². The molecule has 3 heteroatoms. The zero-order chi connectivity index (χ0) is 9.97. The van der Waals surface area contributed by atoms with Crippen molar-refractivity contribution in [2.45, 2.75) is 48.0 Å². The molecule has 0 saturated heterocycles. The van der Waals surface area contributed by atoms with Crippen LogP contribution in [-0.2, 0) is 0 Å². The molecule has 1 aliphatic rings. The van der Waals surface area contributed by atoms with Crippen molar-refractivity contribution in [2.24, 2.45) is 0 Å². The number of aryl methyl sites for hydroxylation is 1. The molecule has 0 amide bonds. The van der Waals surface area contributed by atoms with Crippen LogP contribution in [0.25, 0.3) is 0 Å². The highest BCUT2D eigenvalue weighted by Gasteiger charge is 2.23. The summed E-state index contributed by atoms with van der Waals surface area (Å²) >= 11 is 6.57. The minimum atomic E-state index is 0.559. The molecule has 1 nitrogen and oxygen atoms in total. The van der Waals surface area contributed by atoms with Crippen LogP contribution in [0.2, 0.25) is 0 Å². The zero-order valence-corrected chi connectivity index (χ0v) is 10.1. The molecule has 1 heterocycles. The zero-order valence-electron chi connectivity index (χ0n) is 8.40. The molecule has 1 fully saturated rings. The SMILES string of the molecule is Cc1cc(S[C@@H]2CCCC[C@H]2S)co1. The second kappa shape index (κ2) is 4.67. The first-order valence-corrected chi connectivity index (χ1v) is 6.55. The lowest BCUT2D eigenvalue weighted by Crippen LogP contribution is -2.21. The van der Waals surface area contributed by atoms with Crippen LogP contribution in [-0.4, -0.2) is 10.5 Å². The highest BCUT2D eigenvalue weighted by Crippen LogP contribution is 2.36. The quantitative estimate of drug-likeness (QED) is 0.771. The van der Waals surface area contributed by atoms with Crippen molar-refractivity contribution < 1.29 is 4.42 Å². The Morgan fingerprint density at radius 1 is 1.43 bits per heavy atom. The molecule has 0 N–H and O–H groups in total. The molecule has 2 rings (SSSR count). The second-order valence-electron chi connectivity index (χ2n) is 3.90. The van der Waals surface area contributed by atoms with E-state index in [2.05, 4.69) is 18.7 Å². The van der Waals surface area contributed by atoms with Gasteiger partial charge in [-0.2, -0.15) is 12.6 Å². The van der Waals surface area contributed by atoms with E-state index in [9.17, 15) is 0 Å². The van der Waals surface area contributed by atoms with Crippen LogP contribution < -0.4 is 0 Å². The van der Waals surface area contributed by atoms with Gasteiger partial charge in [0.15, 0.2) is 0 Å². The monoisotopic (exact) mass is 228 g/mol. The van der Waals surface area contributed by atoms with E-state index < -0.39 is 0 Å². The first-order chi connectivity index (χ1) is 6.75. The van der Waals surface area contributed by atoms with Crippen molar-refractivity contribution in [1.82, 2.24) is 0 Å². The van der Waals surface area contributed by atoms with Gasteiger partial charge in [0.05, 0.1) is 0 Å². The van der Waals surface area contributed by atoms with Gasteiger partial charge >= 0.3 is 0 Å². The fourth-order valence-corrected chi connectivity index (χ4v) is 3.65. The van der Waals surface area contributed by atoms with Crippen LogP contribution in [0.15, 0.2) is 21.6 Å². The Morgan fingerprint density at radius 3 is 2.86 bits per heavy atom. The molecule has 1 aromatic heterocycles. The lowest BCUT2D eigenvalue weighted by Gasteiger charge is -2.26. The molecule has 78 valence electrons. The molecule has 0 bridgehead atoms. The Balaban J connectivity index is 1.95. The van der Waals surface area contributed by atoms with E-state index in [4.69, 9.17) is 4.42 Å². The first-order valence-electron chi connectivity index (χ1n) is 5.15. The second-order valence-corrected chi connectivity index (χ2v) is 5.88. The van der Waals surface area contributed by atoms with Gasteiger partial charge in [0.1, 0.15) is 12.0 Å². The smallest absolute Gasteiger partial charge is 0.104 e. The van der Waals surface area contributed by atoms with E-state index >= 15 is 0 Å². The summed E-state index contributed by atoms with van der Waals surface area (Å²) < 4.78 is 5.30. The summed E-state index contributed by atoms with van der Waals surface area (Å²) in [5.74, 6) is 0.999. The summed E-state index contributed by atoms with van der Waals surface area (Å²) in [5.41, 5.74) is 0. The molecule has 0 aliphatic heterocycles. The molecule has 0 spiro atoms. The van der Waals surface area contributed by atoms with Crippen molar-refractivity contribution in [2.75, 3.05) is 0 Å². The van der Waals surface area contributed by atoms with Gasteiger partial charge in [-0.3, -0.25) is 0 Å². The van der Waals surface area contributed by atoms with E-state index in [0.717, 1.165) is 5.76 Å². The molecule has 0 aromatic carbocycles. The molecular formula is C11H16OS2. The van der Waals surface area contributed by atoms with Crippen LogP contribution in [0.3, 0.4) is 0 Å². The predicted octanol–water partition coefficient (Wildman–Crippen LogP) is 3.92. The van der Waals surface area contributed by atoms with Crippen LogP contribution >= 0.6 is 24.4 Å². The van der Waals surface area contributed by atoms with Gasteiger partial charge in [-0.15, -0.1) is 11.8 Å². The number of furan rings is 1. The summed E-state index contributed by atoms with van der Waals surface area (Å²) in [6.45, 7) is 1.99. The Kier molecular flexibility index (Phi) is 3.50. The maximum absolute atomic E-state index is 5.30. The summed E-state index contributed by atoms with van der Waals surface area (Å²) in [6.07, 6.45) is 7.11. The molecule has 2 atom stereocenters. The average Bonchev–Trinajstić information content (AvgIpc) is 2.56. The third-order valence-electron chi connectivity index (χ3n) is 2.66. The molecule has 1 saturated carbocycles. The highest BCUT2D eigenvalue weighted by atomic mass is 32.2. The number of hydrogen-bond acceptors (Lipinski definition) is 3. The van der Waals surface area contributed by atoms with E-state index in [-0.39, 0.29) is 0 Å². The first kappa shape index (κ1) is 10.5. The largest absolute Gasteiger partial charge is 0.468 e. The Labute approximate surface area is 95.1 Å². The average molecular weight is 228 g/mol. The minimum Gasteiger partial charge on any atom is -0.468 e.